The van der Waals surface area contributed by atoms with Gasteiger partial charge in [0.15, 0.2) is 0 Å². The lowest BCUT2D eigenvalue weighted by atomic mass is 10.0. The van der Waals surface area contributed by atoms with Gasteiger partial charge in [0.25, 0.3) is 10.2 Å². The van der Waals surface area contributed by atoms with Crippen molar-refractivity contribution >= 4 is 10.2 Å². The van der Waals surface area contributed by atoms with E-state index in [0.29, 0.717) is 25.6 Å². The van der Waals surface area contributed by atoms with Gasteiger partial charge in [-0.2, -0.15) is 12.7 Å². The van der Waals surface area contributed by atoms with Crippen molar-refractivity contribution in [1.29, 1.82) is 0 Å². The molecule has 2 atom stereocenters. The molecular weight excluding hydrogens is 202 g/mol. The van der Waals surface area contributed by atoms with Crippen LogP contribution in [0, 0.1) is 5.92 Å². The quantitative estimate of drug-likeness (QED) is 0.672. The van der Waals surface area contributed by atoms with Gasteiger partial charge in [-0.15, -0.1) is 0 Å². The van der Waals surface area contributed by atoms with Crippen LogP contribution in [0.4, 0.5) is 0 Å². The smallest absolute Gasteiger partial charge is 0.279 e. The van der Waals surface area contributed by atoms with Gasteiger partial charge < -0.3 is 5.73 Å². The molecule has 0 amide bonds. The van der Waals surface area contributed by atoms with Gasteiger partial charge >= 0.3 is 0 Å². The van der Waals surface area contributed by atoms with Crippen LogP contribution in [0.25, 0.3) is 0 Å². The number of hydrogen-bond donors (Lipinski definition) is 2. The van der Waals surface area contributed by atoms with Gasteiger partial charge in [-0.1, -0.05) is 13.8 Å². The third-order valence-corrected chi connectivity index (χ3v) is 4.43. The normalized spacial score (nSPS) is 29.6. The summed E-state index contributed by atoms with van der Waals surface area (Å²) in [6.45, 7) is 5.21. The third kappa shape index (κ3) is 2.25. The first-order valence-corrected chi connectivity index (χ1v) is 6.43. The van der Waals surface area contributed by atoms with E-state index in [0.717, 1.165) is 6.42 Å². The van der Waals surface area contributed by atoms with Crippen LogP contribution in [-0.2, 0) is 10.2 Å². The van der Waals surface area contributed by atoms with Gasteiger partial charge in [-0.05, 0) is 12.3 Å². The van der Waals surface area contributed by atoms with Crippen LogP contribution in [0.5, 0.6) is 0 Å². The van der Waals surface area contributed by atoms with Gasteiger partial charge in [0.05, 0.1) is 0 Å². The van der Waals surface area contributed by atoms with E-state index in [9.17, 15) is 8.42 Å². The summed E-state index contributed by atoms with van der Waals surface area (Å²) in [6, 6.07) is -0.0425. The van der Waals surface area contributed by atoms with E-state index in [1.165, 1.54) is 4.31 Å². The topological polar surface area (TPSA) is 75.4 Å². The molecule has 0 bridgehead atoms. The highest BCUT2D eigenvalue weighted by atomic mass is 32.2. The minimum Gasteiger partial charge on any atom is -0.329 e. The van der Waals surface area contributed by atoms with Crippen molar-refractivity contribution in [3.05, 3.63) is 0 Å². The van der Waals surface area contributed by atoms with Gasteiger partial charge in [0.2, 0.25) is 0 Å². The highest BCUT2D eigenvalue weighted by Gasteiger charge is 2.37. The summed E-state index contributed by atoms with van der Waals surface area (Å²) < 4.78 is 27.4. The van der Waals surface area contributed by atoms with Crippen LogP contribution in [0.15, 0.2) is 0 Å². The van der Waals surface area contributed by atoms with E-state index in [2.05, 4.69) is 4.72 Å². The Hall–Kier alpha value is -0.170. The van der Waals surface area contributed by atoms with Gasteiger partial charge in [0, 0.05) is 25.7 Å². The van der Waals surface area contributed by atoms with E-state index in [1.54, 1.807) is 6.92 Å². The lowest BCUT2D eigenvalue weighted by Crippen LogP contribution is -2.47. The van der Waals surface area contributed by atoms with E-state index in [1.807, 2.05) is 6.92 Å². The summed E-state index contributed by atoms with van der Waals surface area (Å²) in [7, 11) is -3.30. The fourth-order valence-electron chi connectivity index (χ4n) is 1.89. The molecule has 1 aliphatic rings. The monoisotopic (exact) mass is 221 g/mol. The second kappa shape index (κ2) is 4.57. The zero-order chi connectivity index (χ0) is 10.8. The first-order chi connectivity index (χ1) is 6.53. The number of nitrogens with two attached hydrogens (primary N) is 1. The third-order valence-electron chi connectivity index (χ3n) is 2.71. The SMILES string of the molecule is CCNS(=O)(=O)N1CCC(C)C1CN. The van der Waals surface area contributed by atoms with Crippen LogP contribution in [0.1, 0.15) is 20.3 Å². The Morgan fingerprint density at radius 2 is 2.21 bits per heavy atom. The van der Waals surface area contributed by atoms with Crippen molar-refractivity contribution < 1.29 is 8.42 Å². The number of hydrogen-bond acceptors (Lipinski definition) is 3. The van der Waals surface area contributed by atoms with Crippen molar-refractivity contribution in [3.8, 4) is 0 Å². The van der Waals surface area contributed by atoms with E-state index >= 15 is 0 Å². The summed E-state index contributed by atoms with van der Waals surface area (Å²) in [5, 5.41) is 0. The molecule has 0 aliphatic carbocycles. The molecule has 0 aromatic rings. The Bertz CT molecular complexity index is 278. The Morgan fingerprint density at radius 1 is 1.57 bits per heavy atom. The predicted molar refractivity (Wildman–Crippen MR) is 55.9 cm³/mol. The maximum atomic E-state index is 11.7. The second-order valence-corrected chi connectivity index (χ2v) is 5.39. The molecule has 1 aliphatic heterocycles. The minimum atomic E-state index is -3.30. The Morgan fingerprint density at radius 3 is 2.71 bits per heavy atom. The average Bonchev–Trinajstić information content (AvgIpc) is 2.47. The van der Waals surface area contributed by atoms with E-state index in [-0.39, 0.29) is 6.04 Å². The van der Waals surface area contributed by atoms with E-state index < -0.39 is 10.2 Å². The van der Waals surface area contributed by atoms with Crippen molar-refractivity contribution in [2.45, 2.75) is 26.3 Å². The van der Waals surface area contributed by atoms with Crippen LogP contribution >= 0.6 is 0 Å². The standard InChI is InChI=1S/C8H19N3O2S/c1-3-10-14(12,13)11-5-4-7(2)8(11)6-9/h7-8,10H,3-6,9H2,1-2H3. The molecule has 1 saturated heterocycles. The van der Waals surface area contributed by atoms with Crippen molar-refractivity contribution in [1.82, 2.24) is 9.03 Å². The van der Waals surface area contributed by atoms with Crippen molar-refractivity contribution in [2.24, 2.45) is 11.7 Å². The Kier molecular flexibility index (Phi) is 3.88. The zero-order valence-electron chi connectivity index (χ0n) is 8.73. The molecule has 1 fully saturated rings. The van der Waals surface area contributed by atoms with Gasteiger partial charge in [-0.25, -0.2) is 4.72 Å². The first kappa shape index (κ1) is 11.9. The molecule has 0 aromatic heterocycles. The summed E-state index contributed by atoms with van der Waals surface area (Å²) in [6.07, 6.45) is 0.895. The predicted octanol–water partition coefficient (Wildman–Crippen LogP) is -0.490. The zero-order valence-corrected chi connectivity index (χ0v) is 9.55. The van der Waals surface area contributed by atoms with Crippen LogP contribution in [0.2, 0.25) is 0 Å². The Labute approximate surface area is 85.8 Å². The van der Waals surface area contributed by atoms with Crippen LogP contribution in [-0.4, -0.2) is 38.4 Å². The lowest BCUT2D eigenvalue weighted by molar-refractivity contribution is 0.350. The molecular formula is C8H19N3O2S. The maximum absolute atomic E-state index is 11.7. The van der Waals surface area contributed by atoms with Crippen LogP contribution < -0.4 is 10.5 Å². The molecule has 0 radical (unpaired) electrons. The van der Waals surface area contributed by atoms with Crippen LogP contribution in [0.3, 0.4) is 0 Å². The fraction of sp³-hybridized carbons (Fsp3) is 1.00. The molecule has 1 rings (SSSR count). The second-order valence-electron chi connectivity index (χ2n) is 3.68. The largest absolute Gasteiger partial charge is 0.329 e. The number of rotatable bonds is 4. The van der Waals surface area contributed by atoms with Crippen molar-refractivity contribution in [2.75, 3.05) is 19.6 Å². The Balaban J connectivity index is 2.78. The molecule has 2 unspecified atom stereocenters. The lowest BCUT2D eigenvalue weighted by Gasteiger charge is -2.24. The van der Waals surface area contributed by atoms with Crippen molar-refractivity contribution in [3.63, 3.8) is 0 Å². The molecule has 84 valence electrons. The van der Waals surface area contributed by atoms with Gasteiger partial charge in [-0.3, -0.25) is 0 Å². The van der Waals surface area contributed by atoms with Gasteiger partial charge in [0.1, 0.15) is 0 Å². The molecule has 14 heavy (non-hydrogen) atoms. The fourth-order valence-corrected chi connectivity index (χ4v) is 3.41. The highest BCUT2D eigenvalue weighted by molar-refractivity contribution is 7.87. The summed E-state index contributed by atoms with van der Waals surface area (Å²) >= 11 is 0. The molecule has 0 saturated carbocycles. The molecule has 5 nitrogen and oxygen atoms in total. The number of nitrogens with zero attached hydrogens (tertiary/aromatic N) is 1. The molecule has 6 heteroatoms. The molecule has 1 heterocycles. The molecule has 3 N–H and O–H groups in total. The summed E-state index contributed by atoms with van der Waals surface area (Å²) in [5.41, 5.74) is 5.57. The van der Waals surface area contributed by atoms with E-state index in [4.69, 9.17) is 5.73 Å². The highest BCUT2D eigenvalue weighted by Crippen LogP contribution is 2.24. The minimum absolute atomic E-state index is 0.0425. The average molecular weight is 221 g/mol. The summed E-state index contributed by atoms with van der Waals surface area (Å²) in [4.78, 5) is 0. The summed E-state index contributed by atoms with van der Waals surface area (Å²) in [5.74, 6) is 0.355. The maximum Gasteiger partial charge on any atom is 0.279 e. The molecule has 0 aromatic carbocycles. The number of nitrogens with one attached hydrogen (secondary N) is 1. The molecule has 0 spiro atoms. The first-order valence-electron chi connectivity index (χ1n) is 4.99.